The van der Waals surface area contributed by atoms with E-state index in [4.69, 9.17) is 9.84 Å². The molecule has 1 saturated carbocycles. The van der Waals surface area contributed by atoms with Crippen LogP contribution < -0.4 is 20.7 Å². The fraction of sp³-hybridized carbons (Fsp3) is 0.433. The average molecular weight is 503 g/mol. The summed E-state index contributed by atoms with van der Waals surface area (Å²) in [5.41, 5.74) is 5.71. The number of amides is 1. The van der Waals surface area contributed by atoms with Gasteiger partial charge in [0.05, 0.1) is 17.7 Å². The number of carbonyl (C=O) groups is 1. The van der Waals surface area contributed by atoms with E-state index >= 15 is 0 Å². The summed E-state index contributed by atoms with van der Waals surface area (Å²) in [5, 5.41) is 19.7. The number of nitrogens with one attached hydrogen (secondary N) is 3. The van der Waals surface area contributed by atoms with E-state index in [-0.39, 0.29) is 17.9 Å². The van der Waals surface area contributed by atoms with E-state index in [0.29, 0.717) is 13.3 Å². The lowest BCUT2D eigenvalue weighted by molar-refractivity contribution is -0.118. The largest absolute Gasteiger partial charge is 0.471 e. The molecule has 4 N–H and O–H groups in total. The third-order valence-electron chi connectivity index (χ3n) is 7.48. The molecule has 1 aliphatic heterocycles. The first kappa shape index (κ1) is 25.2. The van der Waals surface area contributed by atoms with E-state index < -0.39 is 5.41 Å². The normalized spacial score (nSPS) is 15.6. The molecular weight excluding hydrogens is 464 g/mol. The zero-order valence-electron chi connectivity index (χ0n) is 22.1. The second kappa shape index (κ2) is 9.78. The second-order valence-electron chi connectivity index (χ2n) is 11.3. The Balaban J connectivity index is 1.34. The minimum absolute atomic E-state index is 0.0167. The maximum atomic E-state index is 13.4. The number of carbonyl (C=O) groups excluding carboxylic acids is 1. The van der Waals surface area contributed by atoms with E-state index in [1.807, 2.05) is 24.3 Å². The number of aryl methyl sites for hydroxylation is 1. The molecule has 5 rings (SSSR count). The number of fused-ring (bicyclic) bond motifs is 2. The van der Waals surface area contributed by atoms with Crippen LogP contribution in [0.15, 0.2) is 54.7 Å². The highest BCUT2D eigenvalue weighted by molar-refractivity contribution is 6.02. The molecule has 3 aromatic rings. The highest BCUT2D eigenvalue weighted by Crippen LogP contribution is 2.51. The Morgan fingerprint density at radius 3 is 2.73 bits per heavy atom. The molecule has 0 spiro atoms. The van der Waals surface area contributed by atoms with Crippen molar-refractivity contribution in [2.24, 2.45) is 0 Å². The molecule has 0 unspecified atom stereocenters. The molecule has 0 saturated heterocycles. The standard InChI is InChI=1S/C30H38N4O3/c1-20(31-13-15-35)6-5-14-34-25-10-8-23(16-21(25)17-27(34)29(2,3)4)33-28(36)30(11-12-30)22-7-9-24-26(18-22)37-19-32-24/h7-10,16-18,31-32,35H,1,5-6,11-15,19H2,2-4H3,(H,33,36). The van der Waals surface area contributed by atoms with Crippen molar-refractivity contribution in [1.29, 1.82) is 0 Å². The molecule has 37 heavy (non-hydrogen) atoms. The number of aromatic nitrogens is 1. The second-order valence-corrected chi connectivity index (χ2v) is 11.3. The van der Waals surface area contributed by atoms with Gasteiger partial charge in [0.15, 0.2) is 6.73 Å². The van der Waals surface area contributed by atoms with E-state index in [0.717, 1.165) is 66.0 Å². The summed E-state index contributed by atoms with van der Waals surface area (Å²) in [7, 11) is 0. The van der Waals surface area contributed by atoms with Crippen LogP contribution in [-0.4, -0.2) is 35.5 Å². The number of allylic oxidation sites excluding steroid dienone is 1. The van der Waals surface area contributed by atoms with Gasteiger partial charge in [0.2, 0.25) is 5.91 Å². The summed E-state index contributed by atoms with van der Waals surface area (Å²) < 4.78 is 8.03. The van der Waals surface area contributed by atoms with Gasteiger partial charge in [-0.1, -0.05) is 33.4 Å². The molecule has 1 aliphatic carbocycles. The number of hydrogen-bond acceptors (Lipinski definition) is 5. The predicted molar refractivity (Wildman–Crippen MR) is 149 cm³/mol. The van der Waals surface area contributed by atoms with E-state index in [1.165, 1.54) is 11.2 Å². The summed E-state index contributed by atoms with van der Waals surface area (Å²) in [6.45, 7) is 12.7. The molecule has 2 heterocycles. The van der Waals surface area contributed by atoms with Crippen molar-refractivity contribution in [1.82, 2.24) is 9.88 Å². The molecular formula is C30H38N4O3. The minimum atomic E-state index is -0.481. The third-order valence-corrected chi connectivity index (χ3v) is 7.48. The predicted octanol–water partition coefficient (Wildman–Crippen LogP) is 5.25. The van der Waals surface area contributed by atoms with E-state index in [1.54, 1.807) is 0 Å². The van der Waals surface area contributed by atoms with Crippen molar-refractivity contribution in [2.75, 3.05) is 30.5 Å². The summed E-state index contributed by atoms with van der Waals surface area (Å²) >= 11 is 0. The molecule has 0 bridgehead atoms. The van der Waals surface area contributed by atoms with Crippen molar-refractivity contribution in [3.8, 4) is 5.75 Å². The number of benzene rings is 2. The fourth-order valence-corrected chi connectivity index (χ4v) is 5.28. The van der Waals surface area contributed by atoms with Gasteiger partial charge >= 0.3 is 0 Å². The molecule has 7 nitrogen and oxygen atoms in total. The van der Waals surface area contributed by atoms with Gasteiger partial charge in [0.25, 0.3) is 0 Å². The van der Waals surface area contributed by atoms with Crippen molar-refractivity contribution in [3.63, 3.8) is 0 Å². The molecule has 1 amide bonds. The lowest BCUT2D eigenvalue weighted by atomic mass is 9.92. The van der Waals surface area contributed by atoms with Gasteiger partial charge < -0.3 is 30.4 Å². The summed E-state index contributed by atoms with van der Waals surface area (Å²) in [5.74, 6) is 0.865. The Bertz CT molecular complexity index is 1330. The van der Waals surface area contributed by atoms with Gasteiger partial charge in [-0.2, -0.15) is 0 Å². The smallest absolute Gasteiger partial charge is 0.235 e. The van der Waals surface area contributed by atoms with Crippen LogP contribution in [-0.2, 0) is 22.2 Å². The maximum Gasteiger partial charge on any atom is 0.235 e. The highest BCUT2D eigenvalue weighted by atomic mass is 16.5. The zero-order chi connectivity index (χ0) is 26.2. The van der Waals surface area contributed by atoms with Gasteiger partial charge in [-0.05, 0) is 67.6 Å². The van der Waals surface area contributed by atoms with Gasteiger partial charge in [-0.25, -0.2) is 0 Å². The Labute approximate surface area is 218 Å². The minimum Gasteiger partial charge on any atom is -0.471 e. The number of ether oxygens (including phenoxy) is 1. The number of aliphatic hydroxyl groups excluding tert-OH is 1. The Morgan fingerprint density at radius 1 is 1.19 bits per heavy atom. The zero-order valence-corrected chi connectivity index (χ0v) is 22.1. The topological polar surface area (TPSA) is 87.6 Å². The molecule has 0 radical (unpaired) electrons. The molecule has 2 aliphatic rings. The molecule has 1 fully saturated rings. The van der Waals surface area contributed by atoms with Gasteiger partial charge in [-0.3, -0.25) is 4.79 Å². The highest BCUT2D eigenvalue weighted by Gasteiger charge is 2.51. The van der Waals surface area contributed by atoms with Crippen LogP contribution in [0, 0.1) is 0 Å². The quantitative estimate of drug-likeness (QED) is 0.304. The average Bonchev–Trinajstić information content (AvgIpc) is 3.40. The summed E-state index contributed by atoms with van der Waals surface area (Å²) in [6.07, 6.45) is 3.49. The number of anilines is 2. The lowest BCUT2D eigenvalue weighted by Gasteiger charge is -2.22. The molecule has 0 atom stereocenters. The van der Waals surface area contributed by atoms with Crippen molar-refractivity contribution in [3.05, 3.63) is 66.0 Å². The number of nitrogens with zero attached hydrogens (tertiary/aromatic N) is 1. The molecule has 7 heteroatoms. The lowest BCUT2D eigenvalue weighted by Crippen LogP contribution is -2.27. The number of aliphatic hydroxyl groups is 1. The fourth-order valence-electron chi connectivity index (χ4n) is 5.28. The molecule has 1 aromatic heterocycles. The van der Waals surface area contributed by atoms with E-state index in [2.05, 4.69) is 66.1 Å². The van der Waals surface area contributed by atoms with Crippen molar-refractivity contribution in [2.45, 2.75) is 63.8 Å². The van der Waals surface area contributed by atoms with Crippen LogP contribution in [0.2, 0.25) is 0 Å². The number of hydrogen-bond donors (Lipinski definition) is 4. The summed E-state index contributed by atoms with van der Waals surface area (Å²) in [6, 6.07) is 14.5. The maximum absolute atomic E-state index is 13.4. The van der Waals surface area contributed by atoms with E-state index in [9.17, 15) is 4.79 Å². The van der Waals surface area contributed by atoms with Crippen LogP contribution in [0.5, 0.6) is 5.75 Å². The third kappa shape index (κ3) is 5.05. The van der Waals surface area contributed by atoms with Crippen LogP contribution in [0.4, 0.5) is 11.4 Å². The van der Waals surface area contributed by atoms with Crippen molar-refractivity contribution < 1.29 is 14.6 Å². The van der Waals surface area contributed by atoms with Crippen LogP contribution >= 0.6 is 0 Å². The van der Waals surface area contributed by atoms with Gasteiger partial charge in [0.1, 0.15) is 5.75 Å². The first-order valence-electron chi connectivity index (χ1n) is 13.2. The Kier molecular flexibility index (Phi) is 6.67. The van der Waals surface area contributed by atoms with Crippen LogP contribution in [0.25, 0.3) is 10.9 Å². The monoisotopic (exact) mass is 502 g/mol. The molecule has 2 aromatic carbocycles. The Hall–Kier alpha value is -3.45. The number of rotatable bonds is 10. The summed E-state index contributed by atoms with van der Waals surface area (Å²) in [4.78, 5) is 13.4. The molecule has 196 valence electrons. The van der Waals surface area contributed by atoms with Gasteiger partial charge in [-0.15, -0.1) is 0 Å². The Morgan fingerprint density at radius 2 is 2.00 bits per heavy atom. The van der Waals surface area contributed by atoms with Crippen LogP contribution in [0.3, 0.4) is 0 Å². The first-order chi connectivity index (χ1) is 17.7. The van der Waals surface area contributed by atoms with Crippen molar-refractivity contribution >= 4 is 28.2 Å². The first-order valence-corrected chi connectivity index (χ1v) is 13.2. The SMILES string of the molecule is C=C(CCCn1c(C(C)(C)C)cc2cc(NC(=O)C3(c4ccc5c(c4)OCN5)CC3)ccc21)NCCO. The van der Waals surface area contributed by atoms with Crippen LogP contribution in [0.1, 0.15) is 57.7 Å². The van der Waals surface area contributed by atoms with Gasteiger partial charge in [0, 0.05) is 46.5 Å².